The number of hydrogen-bond donors (Lipinski definition) is 1. The number of rotatable bonds is 4. The summed E-state index contributed by atoms with van der Waals surface area (Å²) in [6.45, 7) is 1.68. The molecule has 0 aliphatic heterocycles. The lowest BCUT2D eigenvalue weighted by Crippen LogP contribution is -2.17. The van der Waals surface area contributed by atoms with Crippen molar-refractivity contribution < 1.29 is 4.42 Å². The van der Waals surface area contributed by atoms with Crippen molar-refractivity contribution in [2.75, 3.05) is 12.8 Å². The standard InChI is InChI=1S/C13H15BrN2O/c1-16(7-10-4-5-17-9-10)8-11-2-3-12(14)6-13(11)15/h2-6,9H,7-8,15H2,1H3. The Hall–Kier alpha value is -1.26. The zero-order valence-electron chi connectivity index (χ0n) is 9.69. The van der Waals surface area contributed by atoms with E-state index in [2.05, 4.69) is 27.9 Å². The molecule has 0 fully saturated rings. The third kappa shape index (κ3) is 3.35. The lowest BCUT2D eigenvalue weighted by atomic mass is 10.1. The molecule has 2 N–H and O–H groups in total. The molecule has 1 heterocycles. The summed E-state index contributed by atoms with van der Waals surface area (Å²) in [4.78, 5) is 2.20. The van der Waals surface area contributed by atoms with Crippen molar-refractivity contribution in [1.82, 2.24) is 4.90 Å². The first kappa shape index (κ1) is 12.2. The average Bonchev–Trinajstić information content (AvgIpc) is 2.75. The second-order valence-electron chi connectivity index (χ2n) is 4.15. The number of nitrogens with zero attached hydrogens (tertiary/aromatic N) is 1. The van der Waals surface area contributed by atoms with Crippen LogP contribution in [0.4, 0.5) is 5.69 Å². The van der Waals surface area contributed by atoms with Crippen molar-refractivity contribution in [2.24, 2.45) is 0 Å². The van der Waals surface area contributed by atoms with Gasteiger partial charge in [-0.3, -0.25) is 4.90 Å². The molecule has 0 radical (unpaired) electrons. The van der Waals surface area contributed by atoms with Crippen molar-refractivity contribution in [3.05, 3.63) is 52.4 Å². The number of halogens is 1. The zero-order valence-corrected chi connectivity index (χ0v) is 11.3. The number of furan rings is 1. The van der Waals surface area contributed by atoms with E-state index in [0.29, 0.717) is 0 Å². The molecule has 1 aromatic carbocycles. The highest BCUT2D eigenvalue weighted by Crippen LogP contribution is 2.20. The third-order valence-corrected chi connectivity index (χ3v) is 3.07. The van der Waals surface area contributed by atoms with Gasteiger partial charge in [-0.05, 0) is 30.8 Å². The highest BCUT2D eigenvalue weighted by Gasteiger charge is 2.05. The lowest BCUT2D eigenvalue weighted by Gasteiger charge is -2.17. The summed E-state index contributed by atoms with van der Waals surface area (Å²) < 4.78 is 6.06. The number of nitrogens with two attached hydrogens (primary N) is 1. The van der Waals surface area contributed by atoms with Gasteiger partial charge in [-0.15, -0.1) is 0 Å². The third-order valence-electron chi connectivity index (χ3n) is 2.58. The first-order chi connectivity index (χ1) is 8.15. The summed E-state index contributed by atoms with van der Waals surface area (Å²) in [5, 5.41) is 0. The van der Waals surface area contributed by atoms with Gasteiger partial charge in [-0.25, -0.2) is 0 Å². The average molecular weight is 295 g/mol. The van der Waals surface area contributed by atoms with Crippen molar-refractivity contribution in [3.8, 4) is 0 Å². The van der Waals surface area contributed by atoms with Crippen LogP contribution in [0.25, 0.3) is 0 Å². The minimum absolute atomic E-state index is 0.818. The molecule has 0 bridgehead atoms. The quantitative estimate of drug-likeness (QED) is 0.880. The fourth-order valence-electron chi connectivity index (χ4n) is 1.75. The van der Waals surface area contributed by atoms with Gasteiger partial charge in [0.1, 0.15) is 0 Å². The molecule has 0 spiro atoms. The smallest absolute Gasteiger partial charge is 0.0947 e. The zero-order chi connectivity index (χ0) is 12.3. The van der Waals surface area contributed by atoms with Gasteiger partial charge in [0.25, 0.3) is 0 Å². The Morgan fingerprint density at radius 2 is 2.12 bits per heavy atom. The monoisotopic (exact) mass is 294 g/mol. The van der Waals surface area contributed by atoms with E-state index in [-0.39, 0.29) is 0 Å². The maximum absolute atomic E-state index is 5.97. The number of hydrogen-bond acceptors (Lipinski definition) is 3. The topological polar surface area (TPSA) is 42.4 Å². The number of benzene rings is 1. The maximum atomic E-state index is 5.97. The summed E-state index contributed by atoms with van der Waals surface area (Å²) in [6.07, 6.45) is 3.46. The summed E-state index contributed by atoms with van der Waals surface area (Å²) in [6, 6.07) is 7.96. The van der Waals surface area contributed by atoms with Crippen LogP contribution in [0.3, 0.4) is 0 Å². The molecule has 0 atom stereocenters. The minimum atomic E-state index is 0.818. The van der Waals surface area contributed by atoms with Gasteiger partial charge in [0, 0.05) is 28.8 Å². The Morgan fingerprint density at radius 1 is 1.29 bits per heavy atom. The molecule has 0 unspecified atom stereocenters. The number of anilines is 1. The van der Waals surface area contributed by atoms with Crippen LogP contribution in [0.1, 0.15) is 11.1 Å². The van der Waals surface area contributed by atoms with Crippen LogP contribution in [0.2, 0.25) is 0 Å². The van der Waals surface area contributed by atoms with Crippen LogP contribution < -0.4 is 5.73 Å². The van der Waals surface area contributed by atoms with Crippen molar-refractivity contribution in [1.29, 1.82) is 0 Å². The van der Waals surface area contributed by atoms with Crippen LogP contribution >= 0.6 is 15.9 Å². The largest absolute Gasteiger partial charge is 0.472 e. The first-order valence-electron chi connectivity index (χ1n) is 5.38. The molecular formula is C13H15BrN2O. The van der Waals surface area contributed by atoms with Gasteiger partial charge in [0.2, 0.25) is 0 Å². The normalized spacial score (nSPS) is 11.0. The SMILES string of the molecule is CN(Cc1ccoc1)Cc1ccc(Br)cc1N. The molecule has 3 nitrogen and oxygen atoms in total. The van der Waals surface area contributed by atoms with Crippen LogP contribution in [0, 0.1) is 0 Å². The highest BCUT2D eigenvalue weighted by atomic mass is 79.9. The molecule has 17 heavy (non-hydrogen) atoms. The van der Waals surface area contributed by atoms with Crippen molar-refractivity contribution >= 4 is 21.6 Å². The molecular weight excluding hydrogens is 280 g/mol. The summed E-state index contributed by atoms with van der Waals surface area (Å²) in [5.74, 6) is 0. The van der Waals surface area contributed by atoms with E-state index in [1.807, 2.05) is 24.3 Å². The molecule has 2 aromatic rings. The van der Waals surface area contributed by atoms with E-state index in [9.17, 15) is 0 Å². The van der Waals surface area contributed by atoms with E-state index < -0.39 is 0 Å². The van der Waals surface area contributed by atoms with Gasteiger partial charge in [-0.2, -0.15) is 0 Å². The summed E-state index contributed by atoms with van der Waals surface area (Å²) in [7, 11) is 2.06. The molecule has 0 amide bonds. The summed E-state index contributed by atoms with van der Waals surface area (Å²) >= 11 is 3.41. The van der Waals surface area contributed by atoms with Crippen molar-refractivity contribution in [2.45, 2.75) is 13.1 Å². The Bertz CT molecular complexity index is 482. The first-order valence-corrected chi connectivity index (χ1v) is 6.18. The Labute approximate surface area is 109 Å². The van der Waals surface area contributed by atoms with Crippen molar-refractivity contribution in [3.63, 3.8) is 0 Å². The van der Waals surface area contributed by atoms with E-state index in [1.165, 1.54) is 5.56 Å². The lowest BCUT2D eigenvalue weighted by molar-refractivity contribution is 0.318. The van der Waals surface area contributed by atoms with Crippen LogP contribution in [-0.2, 0) is 13.1 Å². The van der Waals surface area contributed by atoms with Gasteiger partial charge >= 0.3 is 0 Å². The fourth-order valence-corrected chi connectivity index (χ4v) is 2.13. The van der Waals surface area contributed by atoms with E-state index in [0.717, 1.165) is 28.8 Å². The molecule has 0 saturated carbocycles. The van der Waals surface area contributed by atoms with E-state index in [1.54, 1.807) is 12.5 Å². The van der Waals surface area contributed by atoms with E-state index >= 15 is 0 Å². The Balaban J connectivity index is 2.00. The number of nitrogen functional groups attached to an aromatic ring is 1. The fraction of sp³-hybridized carbons (Fsp3) is 0.231. The molecule has 90 valence electrons. The Morgan fingerprint density at radius 3 is 2.76 bits per heavy atom. The second kappa shape index (κ2) is 5.38. The van der Waals surface area contributed by atoms with Crippen LogP contribution in [0.15, 0.2) is 45.7 Å². The van der Waals surface area contributed by atoms with Gasteiger partial charge in [0.15, 0.2) is 0 Å². The molecule has 2 rings (SSSR count). The molecule has 0 aliphatic rings. The van der Waals surface area contributed by atoms with Crippen LogP contribution in [0.5, 0.6) is 0 Å². The molecule has 0 aliphatic carbocycles. The second-order valence-corrected chi connectivity index (χ2v) is 5.06. The predicted octanol–water partition coefficient (Wildman–Crippen LogP) is 3.26. The molecule has 1 aromatic heterocycles. The predicted molar refractivity (Wildman–Crippen MR) is 72.4 cm³/mol. The molecule has 4 heteroatoms. The minimum Gasteiger partial charge on any atom is -0.472 e. The van der Waals surface area contributed by atoms with Crippen LogP contribution in [-0.4, -0.2) is 11.9 Å². The summed E-state index contributed by atoms with van der Waals surface area (Å²) in [5.41, 5.74) is 9.09. The Kier molecular flexibility index (Phi) is 3.86. The van der Waals surface area contributed by atoms with Gasteiger partial charge in [0.05, 0.1) is 12.5 Å². The maximum Gasteiger partial charge on any atom is 0.0947 e. The van der Waals surface area contributed by atoms with E-state index in [4.69, 9.17) is 10.2 Å². The van der Waals surface area contributed by atoms with Gasteiger partial charge in [-0.1, -0.05) is 22.0 Å². The highest BCUT2D eigenvalue weighted by molar-refractivity contribution is 9.10. The molecule has 0 saturated heterocycles. The van der Waals surface area contributed by atoms with Gasteiger partial charge < -0.3 is 10.2 Å².